The van der Waals surface area contributed by atoms with Crippen LogP contribution in [0.25, 0.3) is 43.8 Å². The topological polar surface area (TPSA) is 6.48 Å². The van der Waals surface area contributed by atoms with Crippen molar-refractivity contribution in [2.75, 3.05) is 9.80 Å². The Morgan fingerprint density at radius 1 is 0.190 bits per heavy atom. The predicted molar refractivity (Wildman–Crippen MR) is 248 cm³/mol. The number of benzene rings is 10. The van der Waals surface area contributed by atoms with Crippen LogP contribution in [-0.4, -0.2) is 0 Å². The SMILES string of the molecule is c1ccc(-c2ccccc2)cc1.c1ccc(N(c2ccc(-c3ccc(N(c4ccccc4)c4cccc5ccccc45)cc3)cc2)c2cccc3ccccc23)cc1. The van der Waals surface area contributed by atoms with E-state index in [1.54, 1.807) is 0 Å². The highest BCUT2D eigenvalue weighted by Gasteiger charge is 2.17. The normalized spacial score (nSPS) is 10.8. The molecule has 0 amide bonds. The molecule has 0 saturated carbocycles. The fourth-order valence-electron chi connectivity index (χ4n) is 7.68. The van der Waals surface area contributed by atoms with Crippen LogP contribution in [0, 0.1) is 0 Å². The van der Waals surface area contributed by atoms with Gasteiger partial charge in [-0.25, -0.2) is 0 Å². The average molecular weight is 743 g/mol. The van der Waals surface area contributed by atoms with Gasteiger partial charge in [0, 0.05) is 33.5 Å². The number of anilines is 6. The summed E-state index contributed by atoms with van der Waals surface area (Å²) in [6.07, 6.45) is 0. The smallest absolute Gasteiger partial charge is 0.0540 e. The highest BCUT2D eigenvalue weighted by atomic mass is 15.1. The van der Waals surface area contributed by atoms with E-state index in [1.807, 2.05) is 12.1 Å². The number of fused-ring (bicyclic) bond motifs is 2. The summed E-state index contributed by atoms with van der Waals surface area (Å²) < 4.78 is 0. The van der Waals surface area contributed by atoms with E-state index in [0.29, 0.717) is 0 Å². The van der Waals surface area contributed by atoms with Crippen molar-refractivity contribution < 1.29 is 0 Å². The van der Waals surface area contributed by atoms with E-state index < -0.39 is 0 Å². The molecule has 10 aromatic rings. The summed E-state index contributed by atoms with van der Waals surface area (Å²) in [4.78, 5) is 4.69. The molecule has 0 heterocycles. The molecule has 0 bridgehead atoms. The van der Waals surface area contributed by atoms with E-state index in [2.05, 4.69) is 252 Å². The lowest BCUT2D eigenvalue weighted by Crippen LogP contribution is -2.10. The Hall–Kier alpha value is -7.68. The number of nitrogens with zero attached hydrogens (tertiary/aromatic N) is 2. The summed E-state index contributed by atoms with van der Waals surface area (Å²) >= 11 is 0. The molecule has 0 aliphatic rings. The van der Waals surface area contributed by atoms with Gasteiger partial charge in [-0.05, 0) is 93.7 Å². The molecule has 0 fully saturated rings. The van der Waals surface area contributed by atoms with Crippen molar-refractivity contribution in [3.63, 3.8) is 0 Å². The van der Waals surface area contributed by atoms with E-state index in [0.717, 1.165) is 34.1 Å². The van der Waals surface area contributed by atoms with Crippen LogP contribution >= 0.6 is 0 Å². The van der Waals surface area contributed by atoms with Crippen LogP contribution in [0.4, 0.5) is 34.1 Å². The largest absolute Gasteiger partial charge is 0.310 e. The second-order valence-electron chi connectivity index (χ2n) is 14.2. The van der Waals surface area contributed by atoms with E-state index in [1.165, 1.54) is 43.8 Å². The Kier molecular flexibility index (Phi) is 10.5. The van der Waals surface area contributed by atoms with Crippen LogP contribution < -0.4 is 9.80 Å². The van der Waals surface area contributed by atoms with Crippen LogP contribution in [0.1, 0.15) is 0 Å². The number of para-hydroxylation sites is 2. The number of rotatable bonds is 8. The third-order valence-corrected chi connectivity index (χ3v) is 10.5. The Bertz CT molecular complexity index is 2640. The predicted octanol–water partition coefficient (Wildman–Crippen LogP) is 16.0. The molecule has 0 aliphatic heterocycles. The van der Waals surface area contributed by atoms with Crippen molar-refractivity contribution in [1.82, 2.24) is 0 Å². The zero-order valence-electron chi connectivity index (χ0n) is 32.1. The summed E-state index contributed by atoms with van der Waals surface area (Å²) in [5, 5.41) is 4.90. The molecule has 0 aliphatic carbocycles. The molecule has 0 saturated heterocycles. The lowest BCUT2D eigenvalue weighted by atomic mass is 10.0. The quantitative estimate of drug-likeness (QED) is 0.153. The summed E-state index contributed by atoms with van der Waals surface area (Å²) in [6.45, 7) is 0. The van der Waals surface area contributed by atoms with Gasteiger partial charge in [0.25, 0.3) is 0 Å². The standard InChI is InChI=1S/C44H32N2.C12H10/c1-3-17-37(18-4-1)45(43-23-11-15-35-13-7-9-21-41(35)43)39-29-25-33(26-30-39)34-27-31-40(32-28-34)46(38-19-5-2-6-20-38)44-24-12-16-36-14-8-10-22-42(36)44;1-3-7-11(8-4-1)12-9-5-2-6-10-12/h1-32H;1-10H. The molecule has 0 atom stereocenters. The highest BCUT2D eigenvalue weighted by molar-refractivity contribution is 6.00. The van der Waals surface area contributed by atoms with Crippen LogP contribution in [0.5, 0.6) is 0 Å². The van der Waals surface area contributed by atoms with Gasteiger partial charge in [0.1, 0.15) is 0 Å². The van der Waals surface area contributed by atoms with Gasteiger partial charge in [-0.1, -0.05) is 194 Å². The van der Waals surface area contributed by atoms with Crippen molar-refractivity contribution in [2.24, 2.45) is 0 Å². The minimum atomic E-state index is 1.12. The fraction of sp³-hybridized carbons (Fsp3) is 0. The molecule has 10 rings (SSSR count). The Labute approximate surface area is 341 Å². The van der Waals surface area contributed by atoms with Crippen molar-refractivity contribution in [2.45, 2.75) is 0 Å². The van der Waals surface area contributed by atoms with Crippen LogP contribution in [0.2, 0.25) is 0 Å². The molecule has 0 N–H and O–H groups in total. The molecule has 0 spiro atoms. The van der Waals surface area contributed by atoms with Gasteiger partial charge in [0.05, 0.1) is 11.4 Å². The van der Waals surface area contributed by atoms with Gasteiger partial charge in [-0.3, -0.25) is 0 Å². The van der Waals surface area contributed by atoms with E-state index in [9.17, 15) is 0 Å². The summed E-state index contributed by atoms with van der Waals surface area (Å²) in [6, 6.07) is 90.0. The summed E-state index contributed by atoms with van der Waals surface area (Å²) in [5.41, 5.74) is 11.7. The first-order chi connectivity index (χ1) is 28.8. The average Bonchev–Trinajstić information content (AvgIpc) is 3.31. The molecule has 276 valence electrons. The van der Waals surface area contributed by atoms with E-state index in [-0.39, 0.29) is 0 Å². The summed E-state index contributed by atoms with van der Waals surface area (Å²) in [5.74, 6) is 0. The fourth-order valence-corrected chi connectivity index (χ4v) is 7.68. The molecular weight excluding hydrogens is 701 g/mol. The second kappa shape index (κ2) is 17.0. The second-order valence-corrected chi connectivity index (χ2v) is 14.2. The molecule has 2 heteroatoms. The Morgan fingerprint density at radius 3 is 0.845 bits per heavy atom. The van der Waals surface area contributed by atoms with E-state index >= 15 is 0 Å². The maximum Gasteiger partial charge on any atom is 0.0540 e. The Morgan fingerprint density at radius 2 is 0.466 bits per heavy atom. The molecule has 0 aromatic heterocycles. The first kappa shape index (κ1) is 36.0. The minimum absolute atomic E-state index is 1.12. The molecule has 0 unspecified atom stereocenters. The van der Waals surface area contributed by atoms with Crippen molar-refractivity contribution >= 4 is 55.7 Å². The number of hydrogen-bond acceptors (Lipinski definition) is 2. The highest BCUT2D eigenvalue weighted by Crippen LogP contribution is 2.41. The third kappa shape index (κ3) is 7.73. The lowest BCUT2D eigenvalue weighted by Gasteiger charge is -2.27. The van der Waals surface area contributed by atoms with E-state index in [4.69, 9.17) is 0 Å². The van der Waals surface area contributed by atoms with Gasteiger partial charge >= 0.3 is 0 Å². The third-order valence-electron chi connectivity index (χ3n) is 10.5. The van der Waals surface area contributed by atoms with Gasteiger partial charge in [0.2, 0.25) is 0 Å². The minimum Gasteiger partial charge on any atom is -0.310 e. The molecule has 10 aromatic carbocycles. The van der Waals surface area contributed by atoms with Crippen LogP contribution in [-0.2, 0) is 0 Å². The molecule has 2 nitrogen and oxygen atoms in total. The number of hydrogen-bond donors (Lipinski definition) is 0. The lowest BCUT2D eigenvalue weighted by molar-refractivity contribution is 1.29. The van der Waals surface area contributed by atoms with Gasteiger partial charge in [0.15, 0.2) is 0 Å². The molecular formula is C56H42N2. The van der Waals surface area contributed by atoms with Crippen LogP contribution in [0.3, 0.4) is 0 Å². The van der Waals surface area contributed by atoms with Gasteiger partial charge < -0.3 is 9.80 Å². The van der Waals surface area contributed by atoms with Gasteiger partial charge in [-0.2, -0.15) is 0 Å². The van der Waals surface area contributed by atoms with Crippen molar-refractivity contribution in [3.05, 3.63) is 255 Å². The molecule has 58 heavy (non-hydrogen) atoms. The maximum atomic E-state index is 2.34. The van der Waals surface area contributed by atoms with Gasteiger partial charge in [-0.15, -0.1) is 0 Å². The first-order valence-corrected chi connectivity index (χ1v) is 19.8. The first-order valence-electron chi connectivity index (χ1n) is 19.8. The maximum absolute atomic E-state index is 2.34. The van der Waals surface area contributed by atoms with Crippen LogP contribution in [0.15, 0.2) is 255 Å². The van der Waals surface area contributed by atoms with Crippen molar-refractivity contribution in [3.8, 4) is 22.3 Å². The van der Waals surface area contributed by atoms with Crippen molar-refractivity contribution in [1.29, 1.82) is 0 Å². The molecule has 0 radical (unpaired) electrons. The zero-order valence-corrected chi connectivity index (χ0v) is 32.1. The monoisotopic (exact) mass is 742 g/mol. The Balaban J connectivity index is 0.000000310. The zero-order chi connectivity index (χ0) is 38.9. The summed E-state index contributed by atoms with van der Waals surface area (Å²) in [7, 11) is 0.